The van der Waals surface area contributed by atoms with Crippen LogP contribution < -0.4 is 0 Å². The van der Waals surface area contributed by atoms with E-state index in [2.05, 4.69) is 21.8 Å². The molecule has 1 fully saturated rings. The molecule has 0 saturated carbocycles. The number of fused-ring (bicyclic) bond motifs is 2. The van der Waals surface area contributed by atoms with Gasteiger partial charge in [0.1, 0.15) is 5.84 Å². The molecular formula is C9H17N3. The van der Waals surface area contributed by atoms with Crippen LogP contribution in [0.2, 0.25) is 0 Å². The van der Waals surface area contributed by atoms with E-state index in [-0.39, 0.29) is 0 Å². The summed E-state index contributed by atoms with van der Waals surface area (Å²) in [6.45, 7) is 5.77. The fourth-order valence-corrected chi connectivity index (χ4v) is 1.92. The van der Waals surface area contributed by atoms with E-state index in [1.54, 1.807) is 0 Å². The zero-order valence-electron chi connectivity index (χ0n) is 7.79. The molecule has 0 amide bonds. The molecular weight excluding hydrogens is 150 g/mol. The van der Waals surface area contributed by atoms with Gasteiger partial charge in [-0.05, 0) is 12.8 Å². The molecule has 0 aromatic rings. The van der Waals surface area contributed by atoms with E-state index >= 15 is 0 Å². The lowest BCUT2D eigenvalue weighted by atomic mass is 10.3. The molecule has 0 aromatic heterocycles. The van der Waals surface area contributed by atoms with Crippen LogP contribution in [-0.4, -0.2) is 55.4 Å². The summed E-state index contributed by atoms with van der Waals surface area (Å²) in [5, 5.41) is 0. The first-order valence-electron chi connectivity index (χ1n) is 4.83. The number of hydrogen-bond acceptors (Lipinski definition) is 3. The molecule has 12 heavy (non-hydrogen) atoms. The van der Waals surface area contributed by atoms with E-state index in [0.29, 0.717) is 0 Å². The lowest BCUT2D eigenvalue weighted by molar-refractivity contribution is 0.317. The molecule has 2 aliphatic rings. The molecule has 2 aliphatic heterocycles. The minimum absolute atomic E-state index is 1.02. The van der Waals surface area contributed by atoms with E-state index in [1.807, 2.05) is 0 Å². The Kier molecular flexibility index (Phi) is 2.30. The normalized spacial score (nSPS) is 30.6. The van der Waals surface area contributed by atoms with Crippen molar-refractivity contribution in [2.75, 3.05) is 39.8 Å². The van der Waals surface area contributed by atoms with E-state index in [1.165, 1.54) is 38.3 Å². The Morgan fingerprint density at radius 2 is 2.00 bits per heavy atom. The van der Waals surface area contributed by atoms with Crippen LogP contribution in [0.25, 0.3) is 0 Å². The number of amidine groups is 1. The summed E-state index contributed by atoms with van der Waals surface area (Å²) in [7, 11) is 2.16. The molecule has 1 saturated heterocycles. The highest BCUT2D eigenvalue weighted by atomic mass is 15.3. The zero-order valence-corrected chi connectivity index (χ0v) is 7.79. The minimum Gasteiger partial charge on any atom is -0.362 e. The third kappa shape index (κ3) is 1.61. The first-order chi connectivity index (χ1) is 5.86. The van der Waals surface area contributed by atoms with Gasteiger partial charge in [0.15, 0.2) is 0 Å². The van der Waals surface area contributed by atoms with Crippen molar-refractivity contribution in [1.82, 2.24) is 9.80 Å². The monoisotopic (exact) mass is 167 g/mol. The second kappa shape index (κ2) is 3.44. The number of rotatable bonds is 0. The molecule has 2 heterocycles. The van der Waals surface area contributed by atoms with E-state index in [0.717, 1.165) is 13.1 Å². The van der Waals surface area contributed by atoms with Gasteiger partial charge in [0.2, 0.25) is 0 Å². The van der Waals surface area contributed by atoms with Gasteiger partial charge in [0.25, 0.3) is 0 Å². The Morgan fingerprint density at radius 1 is 1.17 bits per heavy atom. The summed E-state index contributed by atoms with van der Waals surface area (Å²) in [6, 6.07) is 0. The quantitative estimate of drug-likeness (QED) is 0.521. The van der Waals surface area contributed by atoms with Gasteiger partial charge < -0.3 is 4.90 Å². The largest absolute Gasteiger partial charge is 0.362 e. The van der Waals surface area contributed by atoms with Crippen molar-refractivity contribution in [3.05, 3.63) is 0 Å². The first kappa shape index (κ1) is 8.05. The third-order valence-electron chi connectivity index (χ3n) is 2.70. The van der Waals surface area contributed by atoms with E-state index in [4.69, 9.17) is 0 Å². The Hall–Kier alpha value is -0.570. The predicted molar refractivity (Wildman–Crippen MR) is 50.6 cm³/mol. The number of hydrogen-bond donors (Lipinski definition) is 0. The standard InChI is InChI=1S/C9H17N3/c1-11-5-3-7-12-6-2-4-10-9(11)8-12/h2-8H2,1H3. The van der Waals surface area contributed by atoms with Crippen molar-refractivity contribution in [1.29, 1.82) is 0 Å². The Bertz CT molecular complexity index is 188. The van der Waals surface area contributed by atoms with Gasteiger partial charge in [0, 0.05) is 33.2 Å². The smallest absolute Gasteiger partial charge is 0.113 e. The van der Waals surface area contributed by atoms with Crippen LogP contribution in [0.1, 0.15) is 12.8 Å². The van der Waals surface area contributed by atoms with Crippen molar-refractivity contribution in [2.24, 2.45) is 4.99 Å². The average molecular weight is 167 g/mol. The van der Waals surface area contributed by atoms with Crippen LogP contribution >= 0.6 is 0 Å². The zero-order chi connectivity index (χ0) is 8.39. The summed E-state index contributed by atoms with van der Waals surface area (Å²) in [5.74, 6) is 1.30. The van der Waals surface area contributed by atoms with Crippen LogP contribution in [0, 0.1) is 0 Å². The Morgan fingerprint density at radius 3 is 2.92 bits per heavy atom. The highest BCUT2D eigenvalue weighted by molar-refractivity contribution is 5.84. The number of aliphatic imine (C=N–C) groups is 1. The molecule has 68 valence electrons. The summed E-state index contributed by atoms with van der Waals surface area (Å²) >= 11 is 0. The average Bonchev–Trinajstić information content (AvgIpc) is 2.38. The van der Waals surface area contributed by atoms with Crippen molar-refractivity contribution >= 4 is 5.84 Å². The van der Waals surface area contributed by atoms with Crippen LogP contribution in [0.4, 0.5) is 0 Å². The van der Waals surface area contributed by atoms with Gasteiger partial charge in [-0.15, -0.1) is 0 Å². The molecule has 2 rings (SSSR count). The molecule has 0 N–H and O–H groups in total. The van der Waals surface area contributed by atoms with Gasteiger partial charge in [-0.1, -0.05) is 0 Å². The van der Waals surface area contributed by atoms with Gasteiger partial charge in [-0.3, -0.25) is 9.89 Å². The number of nitrogens with zero attached hydrogens (tertiary/aromatic N) is 3. The SMILES string of the molecule is CN1CCCN2CCCN=C1C2. The van der Waals surface area contributed by atoms with Crippen molar-refractivity contribution < 1.29 is 0 Å². The summed E-state index contributed by atoms with van der Waals surface area (Å²) in [4.78, 5) is 9.42. The lowest BCUT2D eigenvalue weighted by Crippen LogP contribution is -2.33. The first-order valence-corrected chi connectivity index (χ1v) is 4.83. The molecule has 1 atom stereocenters. The maximum atomic E-state index is 4.59. The summed E-state index contributed by atoms with van der Waals surface area (Å²) in [6.07, 6.45) is 2.52. The fourth-order valence-electron chi connectivity index (χ4n) is 1.92. The van der Waals surface area contributed by atoms with Crippen LogP contribution in [-0.2, 0) is 0 Å². The van der Waals surface area contributed by atoms with Crippen molar-refractivity contribution in [2.45, 2.75) is 12.8 Å². The molecule has 3 nitrogen and oxygen atoms in total. The van der Waals surface area contributed by atoms with E-state index in [9.17, 15) is 0 Å². The van der Waals surface area contributed by atoms with Crippen LogP contribution in [0.15, 0.2) is 4.99 Å². The number of likely N-dealkylation sites (N-methyl/N-ethyl adjacent to an activating group) is 1. The van der Waals surface area contributed by atoms with Crippen molar-refractivity contribution in [3.8, 4) is 0 Å². The predicted octanol–water partition coefficient (Wildman–Crippen LogP) is 0.426. The van der Waals surface area contributed by atoms with Crippen molar-refractivity contribution in [3.63, 3.8) is 0 Å². The van der Waals surface area contributed by atoms with Gasteiger partial charge in [-0.2, -0.15) is 0 Å². The molecule has 0 aromatic carbocycles. The van der Waals surface area contributed by atoms with Gasteiger partial charge in [-0.25, -0.2) is 0 Å². The topological polar surface area (TPSA) is 18.8 Å². The fraction of sp³-hybridized carbons (Fsp3) is 0.889. The minimum atomic E-state index is 1.02. The summed E-state index contributed by atoms with van der Waals surface area (Å²) in [5.41, 5.74) is 0. The highest BCUT2D eigenvalue weighted by Crippen LogP contribution is 2.07. The Balaban J connectivity index is 2.13. The van der Waals surface area contributed by atoms with Crippen LogP contribution in [0.5, 0.6) is 0 Å². The highest BCUT2D eigenvalue weighted by Gasteiger charge is 2.18. The van der Waals surface area contributed by atoms with Gasteiger partial charge >= 0.3 is 0 Å². The molecule has 0 spiro atoms. The maximum absolute atomic E-state index is 4.59. The van der Waals surface area contributed by atoms with E-state index < -0.39 is 0 Å². The molecule has 2 bridgehead atoms. The lowest BCUT2D eigenvalue weighted by Gasteiger charge is -2.18. The molecule has 0 aliphatic carbocycles. The molecule has 3 heteroatoms. The third-order valence-corrected chi connectivity index (χ3v) is 2.70. The molecule has 1 unspecified atom stereocenters. The Labute approximate surface area is 74.1 Å². The van der Waals surface area contributed by atoms with Gasteiger partial charge in [0.05, 0.1) is 6.54 Å². The second-order valence-electron chi connectivity index (χ2n) is 3.70. The summed E-state index contributed by atoms with van der Waals surface area (Å²) < 4.78 is 0. The second-order valence-corrected chi connectivity index (χ2v) is 3.70. The van der Waals surface area contributed by atoms with Crippen LogP contribution in [0.3, 0.4) is 0 Å². The molecule has 0 radical (unpaired) electrons. The maximum Gasteiger partial charge on any atom is 0.113 e.